The molecule has 2 unspecified atom stereocenters. The fourth-order valence-electron chi connectivity index (χ4n) is 7.87. The molecule has 0 saturated carbocycles. The standard InChI is InChI=1S/C53H104NO7P/c1-3-5-7-9-11-13-15-17-19-21-23-24-25-26-27-28-29-30-32-34-36-38-40-42-44-46-53(55)61-52(51-60-62(56,57)59-49-47-54)50-58-48-45-43-41-39-37-35-33-31-22-20-18-16-14-12-10-8-6-4-2/h18,20-21,23,52H,3-17,19,22,24-51,54H2,1-2H3,(H,56,57)/b20-18-,23-21-. The predicted octanol–water partition coefficient (Wildman–Crippen LogP) is 16.8. The number of carbonyl (C=O) groups excluding carboxylic acids is 1. The van der Waals surface area contributed by atoms with Gasteiger partial charge in [0.1, 0.15) is 6.10 Å². The van der Waals surface area contributed by atoms with E-state index in [1.807, 2.05) is 0 Å². The summed E-state index contributed by atoms with van der Waals surface area (Å²) in [5.74, 6) is -0.326. The number of phosphoric acid groups is 1. The molecule has 0 saturated heterocycles. The summed E-state index contributed by atoms with van der Waals surface area (Å²) in [4.78, 5) is 22.6. The maximum Gasteiger partial charge on any atom is 0.472 e. The van der Waals surface area contributed by atoms with Gasteiger partial charge in [0.05, 0.1) is 19.8 Å². The van der Waals surface area contributed by atoms with Gasteiger partial charge in [-0.05, 0) is 64.2 Å². The van der Waals surface area contributed by atoms with E-state index in [1.165, 1.54) is 218 Å². The number of hydrogen-bond acceptors (Lipinski definition) is 7. The van der Waals surface area contributed by atoms with Crippen molar-refractivity contribution < 1.29 is 32.8 Å². The van der Waals surface area contributed by atoms with Crippen molar-refractivity contribution in [2.45, 2.75) is 277 Å². The van der Waals surface area contributed by atoms with Crippen molar-refractivity contribution in [3.63, 3.8) is 0 Å². The fraction of sp³-hybridized carbons (Fsp3) is 0.906. The fourth-order valence-corrected chi connectivity index (χ4v) is 8.64. The van der Waals surface area contributed by atoms with Gasteiger partial charge >= 0.3 is 13.8 Å². The van der Waals surface area contributed by atoms with Gasteiger partial charge in [0.2, 0.25) is 0 Å². The Morgan fingerprint density at radius 3 is 1.18 bits per heavy atom. The van der Waals surface area contributed by atoms with Gasteiger partial charge in [0, 0.05) is 19.6 Å². The maximum absolute atomic E-state index is 12.7. The van der Waals surface area contributed by atoms with Crippen LogP contribution in [0.4, 0.5) is 0 Å². The molecule has 0 radical (unpaired) electrons. The Morgan fingerprint density at radius 1 is 0.468 bits per heavy atom. The van der Waals surface area contributed by atoms with E-state index >= 15 is 0 Å². The summed E-state index contributed by atoms with van der Waals surface area (Å²) in [6, 6.07) is 0. The monoisotopic (exact) mass is 898 g/mol. The Morgan fingerprint density at radius 2 is 0.806 bits per heavy atom. The number of esters is 1. The number of phosphoric ester groups is 1. The summed E-state index contributed by atoms with van der Waals surface area (Å²) in [7, 11) is -4.28. The zero-order valence-corrected chi connectivity index (χ0v) is 42.0. The molecular weight excluding hydrogens is 794 g/mol. The van der Waals surface area contributed by atoms with Crippen LogP contribution in [0.3, 0.4) is 0 Å². The van der Waals surface area contributed by atoms with Gasteiger partial charge in [-0.15, -0.1) is 0 Å². The van der Waals surface area contributed by atoms with Gasteiger partial charge in [0.25, 0.3) is 0 Å². The highest BCUT2D eigenvalue weighted by molar-refractivity contribution is 7.47. The Labute approximate surface area is 385 Å². The SMILES string of the molecule is CCCCCCCC/C=C\CCCCCCCCCCOCC(COP(=O)(O)OCCN)OC(=O)CCCCCCCCCCCCCCC/C=C\CCCCCCCCCC. The molecule has 62 heavy (non-hydrogen) atoms. The number of unbranched alkanes of at least 4 members (excludes halogenated alkanes) is 35. The van der Waals surface area contributed by atoms with Crippen LogP contribution in [0.5, 0.6) is 0 Å². The highest BCUT2D eigenvalue weighted by atomic mass is 31.2. The molecule has 0 fully saturated rings. The van der Waals surface area contributed by atoms with E-state index in [1.54, 1.807) is 0 Å². The molecule has 0 amide bonds. The first kappa shape index (κ1) is 61.0. The van der Waals surface area contributed by atoms with Crippen molar-refractivity contribution in [3.8, 4) is 0 Å². The Hall–Kier alpha value is -1.02. The number of allylic oxidation sites excluding steroid dienone is 4. The lowest BCUT2D eigenvalue weighted by atomic mass is 10.0. The lowest BCUT2D eigenvalue weighted by Crippen LogP contribution is -2.28. The second-order valence-corrected chi connectivity index (χ2v) is 19.5. The number of carbonyl (C=O) groups is 1. The third-order valence-corrected chi connectivity index (χ3v) is 12.8. The highest BCUT2D eigenvalue weighted by Crippen LogP contribution is 2.43. The van der Waals surface area contributed by atoms with Crippen molar-refractivity contribution >= 4 is 13.8 Å². The van der Waals surface area contributed by atoms with E-state index in [4.69, 9.17) is 24.3 Å². The second kappa shape index (κ2) is 51.0. The van der Waals surface area contributed by atoms with Crippen LogP contribution in [0, 0.1) is 0 Å². The van der Waals surface area contributed by atoms with Crippen molar-refractivity contribution in [3.05, 3.63) is 24.3 Å². The van der Waals surface area contributed by atoms with Crippen LogP contribution in [0.15, 0.2) is 24.3 Å². The third-order valence-electron chi connectivity index (χ3n) is 11.8. The van der Waals surface area contributed by atoms with Gasteiger partial charge in [0.15, 0.2) is 0 Å². The largest absolute Gasteiger partial charge is 0.472 e. The van der Waals surface area contributed by atoms with Crippen LogP contribution >= 0.6 is 7.82 Å². The minimum absolute atomic E-state index is 0.0939. The van der Waals surface area contributed by atoms with E-state index in [9.17, 15) is 14.3 Å². The first-order valence-corrected chi connectivity index (χ1v) is 28.3. The molecule has 0 heterocycles. The van der Waals surface area contributed by atoms with Crippen LogP contribution < -0.4 is 5.73 Å². The second-order valence-electron chi connectivity index (χ2n) is 18.1. The zero-order valence-electron chi connectivity index (χ0n) is 41.1. The van der Waals surface area contributed by atoms with E-state index in [0.29, 0.717) is 13.0 Å². The summed E-state index contributed by atoms with van der Waals surface area (Å²) in [6.45, 7) is 4.97. The molecular formula is C53H104NO7P. The molecule has 0 rings (SSSR count). The zero-order chi connectivity index (χ0) is 45.1. The van der Waals surface area contributed by atoms with Gasteiger partial charge in [-0.2, -0.15) is 0 Å². The first-order chi connectivity index (χ1) is 30.4. The lowest BCUT2D eigenvalue weighted by molar-refractivity contribution is -0.154. The maximum atomic E-state index is 12.7. The molecule has 0 aromatic carbocycles. The third kappa shape index (κ3) is 50.0. The highest BCUT2D eigenvalue weighted by Gasteiger charge is 2.25. The number of hydrogen-bond donors (Lipinski definition) is 2. The summed E-state index contributed by atoms with van der Waals surface area (Å²) < 4.78 is 33.6. The Bertz CT molecular complexity index is 1010. The van der Waals surface area contributed by atoms with Crippen molar-refractivity contribution in [1.82, 2.24) is 0 Å². The molecule has 3 N–H and O–H groups in total. The summed E-state index contributed by atoms with van der Waals surface area (Å²) in [5.41, 5.74) is 5.39. The number of nitrogens with two attached hydrogens (primary N) is 1. The Kier molecular flexibility index (Phi) is 50.1. The van der Waals surface area contributed by atoms with Crippen molar-refractivity contribution in [2.75, 3.05) is 33.0 Å². The van der Waals surface area contributed by atoms with E-state index in [2.05, 4.69) is 38.2 Å². The van der Waals surface area contributed by atoms with Gasteiger partial charge < -0.3 is 20.1 Å². The molecule has 0 aliphatic carbocycles. The average molecular weight is 898 g/mol. The summed E-state index contributed by atoms with van der Waals surface area (Å²) in [6.07, 6.45) is 59.3. The van der Waals surface area contributed by atoms with Gasteiger partial charge in [-0.1, -0.05) is 224 Å². The molecule has 8 nitrogen and oxygen atoms in total. The molecule has 0 spiro atoms. The summed E-state index contributed by atoms with van der Waals surface area (Å²) >= 11 is 0. The Balaban J connectivity index is 3.88. The molecule has 0 aromatic rings. The summed E-state index contributed by atoms with van der Waals surface area (Å²) in [5, 5.41) is 0. The predicted molar refractivity (Wildman–Crippen MR) is 266 cm³/mol. The first-order valence-electron chi connectivity index (χ1n) is 26.8. The molecule has 0 aliphatic heterocycles. The average Bonchev–Trinajstić information content (AvgIpc) is 3.26. The minimum Gasteiger partial charge on any atom is -0.457 e. The van der Waals surface area contributed by atoms with Crippen molar-refractivity contribution in [1.29, 1.82) is 0 Å². The van der Waals surface area contributed by atoms with E-state index in [-0.39, 0.29) is 32.3 Å². The minimum atomic E-state index is -4.28. The van der Waals surface area contributed by atoms with Crippen LogP contribution in [0.2, 0.25) is 0 Å². The molecule has 0 bridgehead atoms. The molecule has 2 atom stereocenters. The molecule has 368 valence electrons. The topological polar surface area (TPSA) is 117 Å². The quantitative estimate of drug-likeness (QED) is 0.0268. The van der Waals surface area contributed by atoms with Crippen LogP contribution in [0.25, 0.3) is 0 Å². The van der Waals surface area contributed by atoms with Gasteiger partial charge in [-0.25, -0.2) is 4.57 Å². The smallest absolute Gasteiger partial charge is 0.457 e. The molecule has 0 aromatic heterocycles. The van der Waals surface area contributed by atoms with Crippen molar-refractivity contribution in [2.24, 2.45) is 5.73 Å². The number of rotatable bonds is 52. The van der Waals surface area contributed by atoms with Crippen LogP contribution in [0.1, 0.15) is 271 Å². The van der Waals surface area contributed by atoms with E-state index in [0.717, 1.165) is 32.1 Å². The number of ether oxygens (including phenoxy) is 2. The van der Waals surface area contributed by atoms with Gasteiger partial charge in [-0.3, -0.25) is 13.8 Å². The molecule has 9 heteroatoms. The van der Waals surface area contributed by atoms with E-state index < -0.39 is 13.9 Å². The van der Waals surface area contributed by atoms with Crippen LogP contribution in [-0.4, -0.2) is 49.9 Å². The van der Waals surface area contributed by atoms with Crippen LogP contribution in [-0.2, 0) is 27.9 Å². The lowest BCUT2D eigenvalue weighted by Gasteiger charge is -2.20. The normalized spacial score (nSPS) is 13.4. The molecule has 0 aliphatic rings.